The van der Waals surface area contributed by atoms with Crippen molar-refractivity contribution in [2.45, 2.75) is 140 Å². The van der Waals surface area contributed by atoms with Crippen molar-refractivity contribution in [2.75, 3.05) is 125 Å². The predicted molar refractivity (Wildman–Crippen MR) is 424 cm³/mol. The van der Waals surface area contributed by atoms with E-state index in [1.165, 1.54) is 53.4 Å². The molecule has 4 saturated heterocycles. The van der Waals surface area contributed by atoms with Gasteiger partial charge in [0.15, 0.2) is 0 Å². The molecule has 0 aromatic rings. The van der Waals surface area contributed by atoms with E-state index in [4.69, 9.17) is 62.3 Å². The molecule has 4 heterocycles. The second-order valence-corrected chi connectivity index (χ2v) is 25.3. The Hall–Kier alpha value is -9.30. The lowest BCUT2D eigenvalue weighted by molar-refractivity contribution is -0.148. The highest BCUT2D eigenvalue weighted by Gasteiger charge is 2.37. The highest BCUT2D eigenvalue weighted by Crippen LogP contribution is 2.17. The summed E-state index contributed by atoms with van der Waals surface area (Å²) in [6.07, 6.45) is 8.41. The summed E-state index contributed by atoms with van der Waals surface area (Å²) in [6, 6.07) is 0.833. The number of aliphatic carboxylic acids is 1. The lowest BCUT2D eigenvalue weighted by atomic mass is 9.94. The quantitative estimate of drug-likeness (QED) is 0.00821. The summed E-state index contributed by atoms with van der Waals surface area (Å²) in [7, 11) is 0. The van der Waals surface area contributed by atoms with Crippen LogP contribution in [-0.4, -0.2) is 267 Å². The average Bonchev–Trinajstić information content (AvgIpc) is 1.69. The van der Waals surface area contributed by atoms with Crippen LogP contribution in [0.15, 0.2) is 114 Å². The number of allylic oxidation sites excluding steroid dienone is 3. The van der Waals surface area contributed by atoms with Crippen molar-refractivity contribution in [1.82, 2.24) is 47.9 Å². The van der Waals surface area contributed by atoms with E-state index < -0.39 is 51.5 Å². The highest BCUT2D eigenvalue weighted by atomic mass is 35.5. The third-order valence-corrected chi connectivity index (χ3v) is 11.7. The number of β-amino-alcohol motifs (C(OH)–C–C–N with tert-alkyl or cyclic N) is 1. The molecule has 4 fully saturated rings. The Morgan fingerprint density at radius 3 is 1.25 bits per heavy atom. The summed E-state index contributed by atoms with van der Waals surface area (Å²) < 4.78 is 37.6. The molecule has 35 nitrogen and oxygen atoms in total. The number of halogens is 2. The molecule has 4 amide bonds. The summed E-state index contributed by atoms with van der Waals surface area (Å²) in [5, 5.41) is 40.8. The Morgan fingerprint density at radius 1 is 0.568 bits per heavy atom. The fourth-order valence-electron chi connectivity index (χ4n) is 5.33. The first-order valence-corrected chi connectivity index (χ1v) is 34.6. The van der Waals surface area contributed by atoms with E-state index in [-0.39, 0.29) is 102 Å². The number of carboxylic acids is 1. The zero-order chi connectivity index (χ0) is 86.5. The normalized spacial score (nSPS) is 13.0. The molecular formula is C74H129Cl2N9O26. The molecule has 0 aliphatic carbocycles. The Bertz CT molecular complexity index is 2820. The van der Waals surface area contributed by atoms with E-state index in [1.807, 2.05) is 41.5 Å². The number of carbonyl (C=O) groups is 14. The summed E-state index contributed by atoms with van der Waals surface area (Å²) >= 11 is 9.41. The van der Waals surface area contributed by atoms with Gasteiger partial charge in [0, 0.05) is 141 Å². The third-order valence-electron chi connectivity index (χ3n) is 11.4. The van der Waals surface area contributed by atoms with Crippen LogP contribution >= 0.6 is 23.2 Å². The molecule has 111 heavy (non-hydrogen) atoms. The first-order valence-electron chi connectivity index (χ1n) is 33.8. The van der Waals surface area contributed by atoms with Crippen LogP contribution in [0.4, 0.5) is 0 Å². The van der Waals surface area contributed by atoms with E-state index in [1.54, 1.807) is 38.7 Å². The minimum Gasteiger partial charge on any atom is -0.481 e. The molecule has 3 atom stereocenters. The van der Waals surface area contributed by atoms with Crippen molar-refractivity contribution in [3.63, 3.8) is 0 Å². The molecule has 4 aliphatic rings. The van der Waals surface area contributed by atoms with Gasteiger partial charge in [-0.05, 0) is 88.2 Å². The molecule has 14 N–H and O–H groups in total. The second kappa shape index (κ2) is 74.8. The molecule has 0 aromatic carbocycles. The number of epoxide rings is 1. The van der Waals surface area contributed by atoms with Crippen molar-refractivity contribution in [2.24, 2.45) is 10.8 Å². The predicted octanol–water partition coefficient (Wildman–Crippen LogP) is 3.77. The van der Waals surface area contributed by atoms with E-state index in [2.05, 4.69) is 122 Å². The number of esters is 7. The fraction of sp³-hybridized carbons (Fsp3) is 0.568. The minimum atomic E-state index is -0.993. The number of nitrogens with one attached hydrogen (secondary N) is 6. The number of hydrogen-bond donors (Lipinski definition) is 10. The van der Waals surface area contributed by atoms with Crippen LogP contribution in [0.3, 0.4) is 0 Å². The van der Waals surface area contributed by atoms with E-state index in [0.717, 1.165) is 69.1 Å². The fourth-order valence-corrected chi connectivity index (χ4v) is 5.33. The SMILES string of the molecule is C=CC(=C)NC(C)(C)C(=O)NCC(C)(C)COC(C)=O.C=CC(=O)Cl.C=CC(=O)Cl.C=CC(=O)NC(C)(C)C(=O)N1CC1.C=CC(=O)NCC(C)(C)COC(C)=O.C=CC(=O)OCC(O)COC(C)=O.C=CC(=O)OCC1CO1.C=CC(=O)OCCNCCOC(C)=O.CC.CC(=O)O.CC1CN1.N.O.OCCN1CC1. The van der Waals surface area contributed by atoms with Crippen LogP contribution in [0.25, 0.3) is 0 Å². The smallest absolute Gasteiger partial charge is 0.330 e. The highest BCUT2D eigenvalue weighted by molar-refractivity contribution is 6.66. The molecule has 3 unspecified atom stereocenters. The van der Waals surface area contributed by atoms with Gasteiger partial charge in [-0.1, -0.05) is 101 Å². The Kier molecular flexibility index (Phi) is 82.6. The first-order chi connectivity index (χ1) is 50.5. The number of nitrogens with zero attached hydrogens (tertiary/aromatic N) is 2. The summed E-state index contributed by atoms with van der Waals surface area (Å²) in [6.45, 7) is 67.1. The Balaban J connectivity index is -0.000000130. The van der Waals surface area contributed by atoms with Gasteiger partial charge in [0.1, 0.15) is 56.3 Å². The molecule has 0 aromatic heterocycles. The number of hydrogen-bond acceptors (Lipinski definition) is 29. The number of amides is 4. The maximum absolute atomic E-state index is 12.1. The molecule has 0 saturated carbocycles. The molecule has 37 heteroatoms. The second-order valence-electron chi connectivity index (χ2n) is 24.5. The van der Waals surface area contributed by atoms with Crippen LogP contribution in [0, 0.1) is 10.8 Å². The zero-order valence-corrected chi connectivity index (χ0v) is 69.3. The van der Waals surface area contributed by atoms with Gasteiger partial charge in [0.25, 0.3) is 5.97 Å². The number of aliphatic hydroxyl groups excluding tert-OH is 2. The molecule has 0 bridgehead atoms. The Labute approximate surface area is 665 Å². The van der Waals surface area contributed by atoms with Crippen LogP contribution in [0.1, 0.15) is 111 Å². The minimum absolute atomic E-state index is 0. The zero-order valence-electron chi connectivity index (χ0n) is 67.8. The van der Waals surface area contributed by atoms with Gasteiger partial charge in [0.05, 0.1) is 26.4 Å². The van der Waals surface area contributed by atoms with Crippen molar-refractivity contribution < 1.29 is 126 Å². The van der Waals surface area contributed by atoms with Crippen LogP contribution in [-0.2, 0) is 105 Å². The van der Waals surface area contributed by atoms with E-state index in [0.29, 0.717) is 64.9 Å². The molecule has 4 aliphatic heterocycles. The van der Waals surface area contributed by atoms with Gasteiger partial charge in [0.2, 0.25) is 34.1 Å². The van der Waals surface area contributed by atoms with Crippen molar-refractivity contribution in [3.05, 3.63) is 114 Å². The van der Waals surface area contributed by atoms with E-state index in [9.17, 15) is 62.3 Å². The van der Waals surface area contributed by atoms with Gasteiger partial charge in [-0.15, -0.1) is 0 Å². The van der Waals surface area contributed by atoms with Crippen LogP contribution < -0.4 is 38.1 Å². The summed E-state index contributed by atoms with van der Waals surface area (Å²) in [5.41, 5.74) is -1.61. The maximum Gasteiger partial charge on any atom is 0.330 e. The molecule has 0 radical (unpaired) electrons. The van der Waals surface area contributed by atoms with Gasteiger partial charge in [-0.3, -0.25) is 57.6 Å². The summed E-state index contributed by atoms with van der Waals surface area (Å²) in [4.78, 5) is 151. The van der Waals surface area contributed by atoms with Crippen molar-refractivity contribution in [3.8, 4) is 0 Å². The topological polar surface area (TPSA) is 531 Å². The number of rotatable bonds is 35. The van der Waals surface area contributed by atoms with Gasteiger partial charge < -0.3 is 102 Å². The van der Waals surface area contributed by atoms with Gasteiger partial charge >= 0.3 is 41.8 Å². The van der Waals surface area contributed by atoms with Gasteiger partial charge in [-0.25, -0.2) is 14.4 Å². The number of carbonyl (C=O) groups excluding carboxylic acids is 13. The molecule has 640 valence electrons. The summed E-state index contributed by atoms with van der Waals surface area (Å²) in [5.74, 6) is -4.44. The lowest BCUT2D eigenvalue weighted by Crippen LogP contribution is -2.53. The average molecular weight is 1630 g/mol. The van der Waals surface area contributed by atoms with Crippen molar-refractivity contribution in [1.29, 1.82) is 0 Å². The molecule has 4 rings (SSSR count). The van der Waals surface area contributed by atoms with Crippen LogP contribution in [0.2, 0.25) is 0 Å². The third kappa shape index (κ3) is 105. The van der Waals surface area contributed by atoms with Gasteiger partial charge in [-0.2, -0.15) is 0 Å². The first kappa shape index (κ1) is 123. The number of carboxylic acid groups (broad SMARTS) is 1. The molecular weight excluding hydrogens is 1500 g/mol. The standard InChI is InChI=1S/C15H26N2O3.C10H17NO3.C9H14N2O2.C9H15NO4.C8H12O5.C6H8O3.C4H9NO.2C3H3ClO.C3H7N.C2H4O2.C2H6.H3N.H2O/c1-8-11(2)17-15(6,7)13(19)16-9-14(4,5)10-20-12(3)18;1-5-9(13)11-6-10(3,4)7-14-8(2)12;1-4-7(12)10-9(2,3)8(13)11-5-6-11;1-3-9(12)14-7-5-10-4-6-13-8(2)11;1-3-8(11)13-5-7(10)4-12-6(2)9;1-2-6(7)9-4-5-3-8-5;6-4-3-5-1-2-5;2*1-2-3(4)5;1-3-2-4-3;1-2(3)4;1-2;;/h8,17H,1-2,9-10H2,3-7H3,(H,16,19);5H,1,6-7H2,2-4H3,(H,11,13);4H,1,5-6H2,2-3H3,(H,10,12);3,10H,1,4-7H2,2H3;3,7,10H,1,4-5H2,2H3;2,5H,1,3-4H2;6H,1-4H2;2*2H,1H2;3-4H,2H2,1H3;1H3,(H,3,4);1-2H3;1H3;1H2. The largest absolute Gasteiger partial charge is 0.481 e. The maximum atomic E-state index is 12.1. The van der Waals surface area contributed by atoms with Crippen LogP contribution in [0.5, 0.6) is 0 Å². The monoisotopic (exact) mass is 1630 g/mol. The number of ether oxygens (including phenoxy) is 8. The van der Waals surface area contributed by atoms with Crippen molar-refractivity contribution >= 4 is 105 Å². The lowest BCUT2D eigenvalue weighted by Gasteiger charge is -2.30. The number of aliphatic hydroxyl groups is 2. The Morgan fingerprint density at radius 2 is 0.937 bits per heavy atom. The molecule has 0 spiro atoms. The van der Waals surface area contributed by atoms with E-state index >= 15 is 0 Å².